The van der Waals surface area contributed by atoms with Crippen LogP contribution in [0.3, 0.4) is 0 Å². The van der Waals surface area contributed by atoms with Crippen molar-refractivity contribution in [2.75, 3.05) is 9.80 Å². The van der Waals surface area contributed by atoms with E-state index in [2.05, 4.69) is 10.3 Å². The molecule has 14 heteroatoms. The van der Waals surface area contributed by atoms with E-state index in [4.69, 9.17) is 11.6 Å². The minimum atomic E-state index is -2.89. The Kier molecular flexibility index (Phi) is 9.08. The van der Waals surface area contributed by atoms with Gasteiger partial charge in [-0.2, -0.15) is 5.26 Å². The molecule has 0 radical (unpaired) electrons. The molecule has 5 rings (SSSR count). The number of halogens is 5. The first-order valence-electron chi connectivity index (χ1n) is 14.0. The highest BCUT2D eigenvalue weighted by atomic mass is 35.5. The highest BCUT2D eigenvalue weighted by Gasteiger charge is 2.48. The lowest BCUT2D eigenvalue weighted by Crippen LogP contribution is -2.53. The number of aromatic nitrogens is 1. The van der Waals surface area contributed by atoms with Gasteiger partial charge in [-0.1, -0.05) is 29.8 Å². The number of carbonyl (C=O) groups excluding carboxylic acids is 3. The first-order valence-corrected chi connectivity index (χ1v) is 14.4. The summed E-state index contributed by atoms with van der Waals surface area (Å²) in [6.07, 6.45) is -2.02. The summed E-state index contributed by atoms with van der Waals surface area (Å²) in [5.74, 6) is -8.05. The van der Waals surface area contributed by atoms with E-state index in [1.54, 1.807) is 6.07 Å². The van der Waals surface area contributed by atoms with Crippen LogP contribution in [0.25, 0.3) is 0 Å². The number of rotatable bonds is 7. The third-order valence-corrected chi connectivity index (χ3v) is 8.16. The van der Waals surface area contributed by atoms with Crippen molar-refractivity contribution in [3.63, 3.8) is 0 Å². The molecule has 2 fully saturated rings. The molecule has 0 spiro atoms. The molecule has 2 aliphatic rings. The molecule has 2 aromatic carbocycles. The molecule has 3 aromatic rings. The second-order valence-electron chi connectivity index (χ2n) is 10.9. The number of nitriles is 1. The number of alkyl halides is 2. The Balaban J connectivity index is 1.63. The standard InChI is InChI=1S/C31H26ClF4N5O4/c32-23-4-2-1-3-22(23)27(28(43)39-20-5-8-31(35,36)9-6-20)40(21-13-18(33)12-19(34)14-21)29(44)24-15-25(42)30(45)41(24)26-11-17(16-37)7-10-38-26/h1-4,7,10-14,20,24-25,27,42H,5-6,8-9,15H2,(H,39,43)/t24?,25?,27-/m1/s1. The third kappa shape index (κ3) is 6.77. The molecule has 9 nitrogen and oxygen atoms in total. The minimum absolute atomic E-state index is 0.00489. The number of pyridine rings is 1. The van der Waals surface area contributed by atoms with Gasteiger partial charge in [0.25, 0.3) is 11.8 Å². The molecule has 2 unspecified atom stereocenters. The summed E-state index contributed by atoms with van der Waals surface area (Å²) in [5, 5.41) is 22.6. The molecule has 45 heavy (non-hydrogen) atoms. The zero-order chi connectivity index (χ0) is 32.5. The van der Waals surface area contributed by atoms with Crippen LogP contribution < -0.4 is 15.1 Å². The number of nitrogens with one attached hydrogen (secondary N) is 1. The maximum atomic E-state index is 14.6. The summed E-state index contributed by atoms with van der Waals surface area (Å²) in [4.78, 5) is 47.5. The molecule has 3 amide bonds. The first kappa shape index (κ1) is 31.9. The molecule has 234 valence electrons. The fourth-order valence-corrected chi connectivity index (χ4v) is 5.88. The Morgan fingerprint density at radius 2 is 1.78 bits per heavy atom. The Hall–Kier alpha value is -4.54. The molecule has 1 aromatic heterocycles. The largest absolute Gasteiger partial charge is 0.383 e. The molecule has 3 atom stereocenters. The fraction of sp³-hybridized carbons (Fsp3) is 0.323. The van der Waals surface area contributed by atoms with Gasteiger partial charge in [-0.05, 0) is 43.2 Å². The van der Waals surface area contributed by atoms with Crippen molar-refractivity contribution in [3.05, 3.63) is 88.6 Å². The predicted octanol–water partition coefficient (Wildman–Crippen LogP) is 4.82. The van der Waals surface area contributed by atoms with Gasteiger partial charge in [0.2, 0.25) is 11.8 Å². The first-order chi connectivity index (χ1) is 21.4. The Morgan fingerprint density at radius 3 is 2.42 bits per heavy atom. The van der Waals surface area contributed by atoms with Crippen molar-refractivity contribution in [2.45, 2.75) is 62.3 Å². The highest BCUT2D eigenvalue weighted by Crippen LogP contribution is 2.38. The van der Waals surface area contributed by atoms with Gasteiger partial charge in [0.15, 0.2) is 0 Å². The molecule has 1 aliphatic carbocycles. The molecule has 2 heterocycles. The van der Waals surface area contributed by atoms with Gasteiger partial charge in [-0.15, -0.1) is 0 Å². The van der Waals surface area contributed by atoms with Crippen molar-refractivity contribution in [1.29, 1.82) is 5.26 Å². The Bertz CT molecular complexity index is 1660. The molecule has 2 N–H and O–H groups in total. The van der Waals surface area contributed by atoms with E-state index in [0.29, 0.717) is 6.07 Å². The van der Waals surface area contributed by atoms with Crippen LogP contribution in [0.4, 0.5) is 29.1 Å². The lowest BCUT2D eigenvalue weighted by molar-refractivity contribution is -0.128. The monoisotopic (exact) mass is 643 g/mol. The third-order valence-electron chi connectivity index (χ3n) is 7.82. The lowest BCUT2D eigenvalue weighted by atomic mass is 9.91. The second-order valence-corrected chi connectivity index (χ2v) is 11.3. The average Bonchev–Trinajstić information content (AvgIpc) is 3.30. The number of nitrogens with zero attached hydrogens (tertiary/aromatic N) is 4. The number of hydrogen-bond acceptors (Lipinski definition) is 6. The Morgan fingerprint density at radius 1 is 1.11 bits per heavy atom. The average molecular weight is 644 g/mol. The summed E-state index contributed by atoms with van der Waals surface area (Å²) in [5.41, 5.74) is -0.284. The molecular weight excluding hydrogens is 618 g/mol. The number of carbonyl (C=O) groups is 3. The fourth-order valence-electron chi connectivity index (χ4n) is 5.64. The maximum Gasteiger partial charge on any atom is 0.257 e. The molecular formula is C31H26ClF4N5O4. The summed E-state index contributed by atoms with van der Waals surface area (Å²) < 4.78 is 57.0. The van der Waals surface area contributed by atoms with Gasteiger partial charge in [0.1, 0.15) is 35.6 Å². The second kappa shape index (κ2) is 12.8. The van der Waals surface area contributed by atoms with Gasteiger partial charge >= 0.3 is 0 Å². The molecule has 1 saturated heterocycles. The SMILES string of the molecule is N#Cc1ccnc(N2C(=O)C(O)CC2C(=O)N(c2cc(F)cc(F)c2)[C@@H](C(=O)NC2CCC(F)(F)CC2)c2ccccc2Cl)c1. The predicted molar refractivity (Wildman–Crippen MR) is 154 cm³/mol. The molecule has 1 saturated carbocycles. The van der Waals surface area contributed by atoms with Crippen LogP contribution in [0, 0.1) is 23.0 Å². The van der Waals surface area contributed by atoms with Crippen molar-refractivity contribution in [2.24, 2.45) is 0 Å². The number of benzene rings is 2. The van der Waals surface area contributed by atoms with Crippen molar-refractivity contribution < 1.29 is 37.1 Å². The Labute approximate surface area is 260 Å². The minimum Gasteiger partial charge on any atom is -0.383 e. The van der Waals surface area contributed by atoms with Gasteiger partial charge in [-0.25, -0.2) is 22.5 Å². The van der Waals surface area contributed by atoms with Gasteiger partial charge in [0.05, 0.1) is 17.3 Å². The van der Waals surface area contributed by atoms with Crippen molar-refractivity contribution in [3.8, 4) is 6.07 Å². The van der Waals surface area contributed by atoms with Crippen LogP contribution in [0.2, 0.25) is 5.02 Å². The van der Waals surface area contributed by atoms with Crippen LogP contribution >= 0.6 is 11.6 Å². The van der Waals surface area contributed by atoms with Crippen LogP contribution in [-0.4, -0.2) is 51.9 Å². The van der Waals surface area contributed by atoms with Gasteiger partial charge in [0, 0.05) is 48.2 Å². The van der Waals surface area contributed by atoms with Crippen molar-refractivity contribution in [1.82, 2.24) is 10.3 Å². The van der Waals surface area contributed by atoms with Crippen molar-refractivity contribution >= 4 is 40.8 Å². The van der Waals surface area contributed by atoms with E-state index in [1.807, 2.05) is 6.07 Å². The maximum absolute atomic E-state index is 14.6. The summed E-state index contributed by atoms with van der Waals surface area (Å²) in [7, 11) is 0. The lowest BCUT2D eigenvalue weighted by Gasteiger charge is -2.37. The van der Waals surface area contributed by atoms with Gasteiger partial charge < -0.3 is 10.4 Å². The van der Waals surface area contributed by atoms with Crippen LogP contribution in [-0.2, 0) is 14.4 Å². The summed E-state index contributed by atoms with van der Waals surface area (Å²) in [6, 6.07) is 8.62. The number of aliphatic hydroxyl groups excluding tert-OH is 1. The van der Waals surface area contributed by atoms with Crippen LogP contribution in [0.1, 0.15) is 49.3 Å². The smallest absolute Gasteiger partial charge is 0.257 e. The molecule has 1 aliphatic heterocycles. The number of anilines is 2. The highest BCUT2D eigenvalue weighted by molar-refractivity contribution is 6.31. The van der Waals surface area contributed by atoms with E-state index in [1.165, 1.54) is 36.5 Å². The van der Waals surface area contributed by atoms with Crippen LogP contribution in [0.15, 0.2) is 60.8 Å². The van der Waals surface area contributed by atoms with E-state index in [0.717, 1.165) is 21.9 Å². The molecule has 0 bridgehead atoms. The van der Waals surface area contributed by atoms with Crippen LogP contribution in [0.5, 0.6) is 0 Å². The summed E-state index contributed by atoms with van der Waals surface area (Å²) >= 11 is 6.50. The van der Waals surface area contributed by atoms with E-state index in [9.17, 15) is 42.3 Å². The van der Waals surface area contributed by atoms with Gasteiger partial charge in [-0.3, -0.25) is 24.2 Å². The van der Waals surface area contributed by atoms with E-state index >= 15 is 0 Å². The number of amides is 3. The van der Waals surface area contributed by atoms with E-state index < -0.39 is 84.5 Å². The topological polar surface area (TPSA) is 127 Å². The quantitative estimate of drug-likeness (QED) is 0.356. The summed E-state index contributed by atoms with van der Waals surface area (Å²) in [6.45, 7) is 0. The normalized spacial score (nSPS) is 20.4. The van der Waals surface area contributed by atoms with E-state index in [-0.39, 0.29) is 34.8 Å². The number of aliphatic hydroxyl groups is 1. The zero-order valence-electron chi connectivity index (χ0n) is 23.5. The number of hydrogen-bond donors (Lipinski definition) is 2. The zero-order valence-corrected chi connectivity index (χ0v) is 24.2.